The van der Waals surface area contributed by atoms with Crippen LogP contribution >= 0.6 is 0 Å². The molecule has 20 heavy (non-hydrogen) atoms. The molecule has 1 rings (SSSR count). The van der Waals surface area contributed by atoms with Gasteiger partial charge in [0.2, 0.25) is 5.91 Å². The molecule has 0 saturated carbocycles. The van der Waals surface area contributed by atoms with Crippen molar-refractivity contribution in [2.45, 2.75) is 26.8 Å². The number of carboxylic acids is 1. The summed E-state index contributed by atoms with van der Waals surface area (Å²) in [6.07, 6.45) is -0.263. The summed E-state index contributed by atoms with van der Waals surface area (Å²) in [5, 5.41) is 13.5. The number of amides is 3. The molecule has 1 aromatic rings. The molecular formula is C14H18N2O4. The summed E-state index contributed by atoms with van der Waals surface area (Å²) in [6, 6.07) is 8.59. The van der Waals surface area contributed by atoms with Crippen molar-refractivity contribution < 1.29 is 19.5 Å². The second kappa shape index (κ2) is 6.70. The number of urea groups is 1. The fourth-order valence-corrected chi connectivity index (χ4v) is 1.47. The number of carbonyl (C=O) groups excluding carboxylic acids is 2. The average molecular weight is 278 g/mol. The maximum atomic E-state index is 11.5. The molecule has 0 aliphatic carbocycles. The van der Waals surface area contributed by atoms with Gasteiger partial charge in [0.15, 0.2) is 0 Å². The van der Waals surface area contributed by atoms with Crippen LogP contribution in [-0.4, -0.2) is 23.0 Å². The highest BCUT2D eigenvalue weighted by Gasteiger charge is 2.30. The first-order valence-corrected chi connectivity index (χ1v) is 6.16. The summed E-state index contributed by atoms with van der Waals surface area (Å²) < 4.78 is 0. The zero-order chi connectivity index (χ0) is 15.2. The van der Waals surface area contributed by atoms with Crippen LogP contribution < -0.4 is 10.6 Å². The van der Waals surface area contributed by atoms with Crippen LogP contribution in [0.3, 0.4) is 0 Å². The first kappa shape index (κ1) is 15.7. The Hall–Kier alpha value is -2.37. The SMILES string of the molecule is CC(C)(CC(=O)NC(=O)NCc1ccccc1)C(=O)O. The predicted molar refractivity (Wildman–Crippen MR) is 72.9 cm³/mol. The monoisotopic (exact) mass is 278 g/mol. The molecule has 0 heterocycles. The Morgan fingerprint density at radius 3 is 2.30 bits per heavy atom. The van der Waals surface area contributed by atoms with Gasteiger partial charge in [-0.2, -0.15) is 0 Å². The minimum Gasteiger partial charge on any atom is -0.481 e. The zero-order valence-corrected chi connectivity index (χ0v) is 11.5. The van der Waals surface area contributed by atoms with Gasteiger partial charge < -0.3 is 10.4 Å². The molecule has 0 aliphatic heterocycles. The Bertz CT molecular complexity index is 497. The van der Waals surface area contributed by atoms with Crippen LogP contribution in [0.1, 0.15) is 25.8 Å². The smallest absolute Gasteiger partial charge is 0.321 e. The van der Waals surface area contributed by atoms with Crippen LogP contribution in [-0.2, 0) is 16.1 Å². The highest BCUT2D eigenvalue weighted by Crippen LogP contribution is 2.19. The van der Waals surface area contributed by atoms with Gasteiger partial charge in [-0.05, 0) is 19.4 Å². The molecule has 0 saturated heterocycles. The van der Waals surface area contributed by atoms with Gasteiger partial charge in [-0.15, -0.1) is 0 Å². The van der Waals surface area contributed by atoms with E-state index < -0.39 is 23.3 Å². The lowest BCUT2D eigenvalue weighted by Crippen LogP contribution is -2.41. The van der Waals surface area contributed by atoms with Gasteiger partial charge in [-0.1, -0.05) is 30.3 Å². The van der Waals surface area contributed by atoms with E-state index in [1.807, 2.05) is 30.3 Å². The van der Waals surface area contributed by atoms with E-state index >= 15 is 0 Å². The Morgan fingerprint density at radius 1 is 1.15 bits per heavy atom. The Labute approximate surface area is 117 Å². The van der Waals surface area contributed by atoms with Crippen LogP contribution in [0.15, 0.2) is 30.3 Å². The van der Waals surface area contributed by atoms with E-state index in [0.29, 0.717) is 6.54 Å². The molecule has 0 bridgehead atoms. The number of rotatable bonds is 5. The molecule has 0 unspecified atom stereocenters. The highest BCUT2D eigenvalue weighted by atomic mass is 16.4. The van der Waals surface area contributed by atoms with Crippen molar-refractivity contribution >= 4 is 17.9 Å². The van der Waals surface area contributed by atoms with Crippen molar-refractivity contribution in [3.8, 4) is 0 Å². The Kier molecular flexibility index (Phi) is 5.25. The lowest BCUT2D eigenvalue weighted by Gasteiger charge is -2.17. The van der Waals surface area contributed by atoms with E-state index in [1.54, 1.807) is 0 Å². The third-order valence-corrected chi connectivity index (χ3v) is 2.73. The number of aliphatic carboxylic acids is 1. The van der Waals surface area contributed by atoms with E-state index in [2.05, 4.69) is 10.6 Å². The largest absolute Gasteiger partial charge is 0.481 e. The van der Waals surface area contributed by atoms with Crippen LogP contribution in [0, 0.1) is 5.41 Å². The number of carbonyl (C=O) groups is 3. The molecule has 0 atom stereocenters. The van der Waals surface area contributed by atoms with Crippen molar-refractivity contribution in [3.05, 3.63) is 35.9 Å². The second-order valence-corrected chi connectivity index (χ2v) is 5.08. The van der Waals surface area contributed by atoms with Crippen molar-refractivity contribution in [2.75, 3.05) is 0 Å². The maximum absolute atomic E-state index is 11.5. The molecule has 0 fully saturated rings. The van der Waals surface area contributed by atoms with E-state index in [-0.39, 0.29) is 6.42 Å². The third-order valence-electron chi connectivity index (χ3n) is 2.73. The average Bonchev–Trinajstić information content (AvgIpc) is 2.36. The normalized spacial score (nSPS) is 10.7. The predicted octanol–water partition coefficient (Wildman–Crippen LogP) is 1.51. The quantitative estimate of drug-likeness (QED) is 0.760. The van der Waals surface area contributed by atoms with E-state index in [0.717, 1.165) is 5.56 Å². The summed E-state index contributed by atoms with van der Waals surface area (Å²) in [4.78, 5) is 33.9. The summed E-state index contributed by atoms with van der Waals surface area (Å²) in [6.45, 7) is 3.15. The van der Waals surface area contributed by atoms with Gasteiger partial charge in [0.1, 0.15) is 0 Å². The zero-order valence-electron chi connectivity index (χ0n) is 11.5. The Balaban J connectivity index is 2.39. The van der Waals surface area contributed by atoms with Crippen molar-refractivity contribution in [3.63, 3.8) is 0 Å². The summed E-state index contributed by atoms with van der Waals surface area (Å²) in [5.74, 6) is -1.71. The van der Waals surface area contributed by atoms with Gasteiger partial charge in [-0.25, -0.2) is 4.79 Å². The maximum Gasteiger partial charge on any atom is 0.321 e. The number of hydrogen-bond acceptors (Lipinski definition) is 3. The van der Waals surface area contributed by atoms with Crippen LogP contribution in [0.5, 0.6) is 0 Å². The van der Waals surface area contributed by atoms with Crippen molar-refractivity contribution in [1.29, 1.82) is 0 Å². The van der Waals surface area contributed by atoms with Crippen LogP contribution in [0.2, 0.25) is 0 Å². The minimum absolute atomic E-state index is 0.263. The van der Waals surface area contributed by atoms with E-state index in [9.17, 15) is 14.4 Å². The molecule has 108 valence electrons. The van der Waals surface area contributed by atoms with Crippen molar-refractivity contribution in [1.82, 2.24) is 10.6 Å². The van der Waals surface area contributed by atoms with E-state index in [4.69, 9.17) is 5.11 Å². The highest BCUT2D eigenvalue weighted by molar-refractivity contribution is 5.96. The van der Waals surface area contributed by atoms with E-state index in [1.165, 1.54) is 13.8 Å². The van der Waals surface area contributed by atoms with Crippen molar-refractivity contribution in [2.24, 2.45) is 5.41 Å². The fourth-order valence-electron chi connectivity index (χ4n) is 1.47. The molecule has 6 nitrogen and oxygen atoms in total. The molecule has 0 aromatic heterocycles. The minimum atomic E-state index is -1.20. The lowest BCUT2D eigenvalue weighted by molar-refractivity contribution is -0.149. The molecule has 0 spiro atoms. The van der Waals surface area contributed by atoms with Gasteiger partial charge in [0.05, 0.1) is 5.41 Å². The molecule has 0 radical (unpaired) electrons. The number of benzene rings is 1. The molecule has 0 aliphatic rings. The number of carboxylic acid groups (broad SMARTS) is 1. The topological polar surface area (TPSA) is 95.5 Å². The van der Waals surface area contributed by atoms with Gasteiger partial charge >= 0.3 is 12.0 Å². The number of hydrogen-bond donors (Lipinski definition) is 3. The first-order chi connectivity index (χ1) is 9.31. The van der Waals surface area contributed by atoms with Gasteiger partial charge in [0.25, 0.3) is 0 Å². The van der Waals surface area contributed by atoms with Gasteiger partial charge in [0, 0.05) is 13.0 Å². The standard InChI is InChI=1S/C14H18N2O4/c1-14(2,12(18)19)8-11(17)16-13(20)15-9-10-6-4-3-5-7-10/h3-7H,8-9H2,1-2H3,(H,18,19)(H2,15,16,17,20). The molecular weight excluding hydrogens is 260 g/mol. The molecule has 1 aromatic carbocycles. The molecule has 3 N–H and O–H groups in total. The Morgan fingerprint density at radius 2 is 1.75 bits per heavy atom. The lowest BCUT2D eigenvalue weighted by atomic mass is 9.89. The summed E-state index contributed by atoms with van der Waals surface area (Å²) in [7, 11) is 0. The van der Waals surface area contributed by atoms with Gasteiger partial charge in [-0.3, -0.25) is 14.9 Å². The van der Waals surface area contributed by atoms with Crippen LogP contribution in [0.4, 0.5) is 4.79 Å². The first-order valence-electron chi connectivity index (χ1n) is 6.16. The summed E-state index contributed by atoms with van der Waals surface area (Å²) >= 11 is 0. The molecule has 6 heteroatoms. The number of nitrogens with one attached hydrogen (secondary N) is 2. The number of imide groups is 1. The molecule has 3 amide bonds. The fraction of sp³-hybridized carbons (Fsp3) is 0.357. The third kappa shape index (κ3) is 5.09. The van der Waals surface area contributed by atoms with Crippen LogP contribution in [0.25, 0.3) is 0 Å². The summed E-state index contributed by atoms with van der Waals surface area (Å²) in [5.41, 5.74) is -0.301. The second-order valence-electron chi connectivity index (χ2n) is 5.08.